The summed E-state index contributed by atoms with van der Waals surface area (Å²) in [6, 6.07) is 37.9. The van der Waals surface area contributed by atoms with Crippen LogP contribution >= 0.6 is 12.2 Å². The molecule has 0 bridgehead atoms. The van der Waals surface area contributed by atoms with Crippen molar-refractivity contribution in [1.82, 2.24) is 0 Å². The summed E-state index contributed by atoms with van der Waals surface area (Å²) >= 11 is 6.02. The topological polar surface area (TPSA) is 93.4 Å². The lowest BCUT2D eigenvalue weighted by Crippen LogP contribution is -2.33. The van der Waals surface area contributed by atoms with Crippen molar-refractivity contribution in [2.75, 3.05) is 11.5 Å². The summed E-state index contributed by atoms with van der Waals surface area (Å²) < 4.78 is 19.5. The molecule has 2 fully saturated rings. The molecule has 6 nitrogen and oxygen atoms in total. The van der Waals surface area contributed by atoms with Crippen LogP contribution in [-0.4, -0.2) is 44.2 Å². The third kappa shape index (κ3) is 7.76. The van der Waals surface area contributed by atoms with Gasteiger partial charge in [-0.2, -0.15) is 0 Å². The van der Waals surface area contributed by atoms with Crippen LogP contribution in [0.15, 0.2) is 121 Å². The van der Waals surface area contributed by atoms with Gasteiger partial charge in [0.1, 0.15) is 11.6 Å². The van der Waals surface area contributed by atoms with Gasteiger partial charge in [-0.3, -0.25) is 0 Å². The maximum absolute atomic E-state index is 13.6. The molecule has 8 heteroatoms. The Morgan fingerprint density at radius 1 is 0.804 bits per heavy atom. The standard InChI is InChI=1S/C43H42FNO5S/c44-34-16-10-30(11-17-34)39(48)21-15-33-23-42(51)45(35-18-12-28(13-19-35)27-4-2-1-3-5-27)43(33)38-20-14-32(22-40(38)49)29-6-8-31(9-7-29)41-25-36(47)24-37(26-46)50-41/h1-14,16-20,22,33,36-37,39,41,43,46-49H,15,21,23-26H2. The number of halogens is 1. The summed E-state index contributed by atoms with van der Waals surface area (Å²) in [7, 11) is 0. The second-order valence-electron chi connectivity index (χ2n) is 13.7. The lowest BCUT2D eigenvalue weighted by atomic mass is 9.86. The highest BCUT2D eigenvalue weighted by atomic mass is 32.1. The van der Waals surface area contributed by atoms with Gasteiger partial charge in [-0.25, -0.2) is 4.39 Å². The van der Waals surface area contributed by atoms with Crippen molar-refractivity contribution in [3.63, 3.8) is 0 Å². The molecule has 7 rings (SSSR count). The molecule has 0 aliphatic carbocycles. The Morgan fingerprint density at radius 3 is 2.14 bits per heavy atom. The van der Waals surface area contributed by atoms with E-state index in [1.54, 1.807) is 18.2 Å². The van der Waals surface area contributed by atoms with Crippen LogP contribution in [0.1, 0.15) is 67.0 Å². The predicted octanol–water partition coefficient (Wildman–Crippen LogP) is 8.85. The van der Waals surface area contributed by atoms with Gasteiger partial charge in [0, 0.05) is 30.5 Å². The van der Waals surface area contributed by atoms with Crippen LogP contribution in [0, 0.1) is 11.7 Å². The van der Waals surface area contributed by atoms with Gasteiger partial charge in [0.15, 0.2) is 0 Å². The molecule has 0 amide bonds. The van der Waals surface area contributed by atoms with Crippen LogP contribution in [0.5, 0.6) is 5.75 Å². The number of anilines is 1. The highest BCUT2D eigenvalue weighted by Crippen LogP contribution is 2.48. The second-order valence-corrected chi connectivity index (χ2v) is 14.2. The molecule has 4 N–H and O–H groups in total. The second kappa shape index (κ2) is 15.4. The van der Waals surface area contributed by atoms with Gasteiger partial charge < -0.3 is 30.1 Å². The monoisotopic (exact) mass is 703 g/mol. The fourth-order valence-corrected chi connectivity index (χ4v) is 8.05. The van der Waals surface area contributed by atoms with E-state index in [-0.39, 0.29) is 42.3 Å². The molecule has 2 aliphatic heterocycles. The van der Waals surface area contributed by atoms with Crippen molar-refractivity contribution in [2.24, 2.45) is 5.92 Å². The Balaban J connectivity index is 1.16. The lowest BCUT2D eigenvalue weighted by Gasteiger charge is -2.32. The van der Waals surface area contributed by atoms with Crippen LogP contribution in [0.2, 0.25) is 0 Å². The summed E-state index contributed by atoms with van der Waals surface area (Å²) in [5.74, 6) is -0.179. The summed E-state index contributed by atoms with van der Waals surface area (Å²) in [6.45, 7) is -0.130. The zero-order valence-corrected chi connectivity index (χ0v) is 29.0. The van der Waals surface area contributed by atoms with E-state index in [1.807, 2.05) is 54.6 Å². The van der Waals surface area contributed by atoms with Crippen molar-refractivity contribution in [3.8, 4) is 28.0 Å². The van der Waals surface area contributed by atoms with Gasteiger partial charge in [0.25, 0.3) is 0 Å². The summed E-state index contributed by atoms with van der Waals surface area (Å²) in [5, 5.41) is 42.5. The lowest BCUT2D eigenvalue weighted by molar-refractivity contribution is -0.113. The van der Waals surface area contributed by atoms with Gasteiger partial charge >= 0.3 is 0 Å². The third-order valence-electron chi connectivity index (χ3n) is 10.3. The van der Waals surface area contributed by atoms with E-state index < -0.39 is 12.2 Å². The van der Waals surface area contributed by atoms with Crippen LogP contribution in [0.4, 0.5) is 10.1 Å². The molecule has 0 spiro atoms. The normalized spacial score (nSPS) is 22.6. The quantitative estimate of drug-likeness (QED) is 0.108. The number of phenols is 1. The van der Waals surface area contributed by atoms with Gasteiger partial charge in [-0.05, 0) is 82.5 Å². The maximum Gasteiger partial charge on any atom is 0.123 e. The Hall–Kier alpha value is -4.44. The zero-order valence-electron chi connectivity index (χ0n) is 28.2. The van der Waals surface area contributed by atoms with Crippen LogP contribution in [-0.2, 0) is 4.74 Å². The van der Waals surface area contributed by atoms with E-state index in [4.69, 9.17) is 17.0 Å². The molecule has 0 saturated carbocycles. The van der Waals surface area contributed by atoms with E-state index in [1.165, 1.54) is 12.1 Å². The van der Waals surface area contributed by atoms with Crippen LogP contribution in [0.3, 0.4) is 0 Å². The first-order valence-electron chi connectivity index (χ1n) is 17.6. The molecule has 6 unspecified atom stereocenters. The number of aromatic hydroxyl groups is 1. The molecule has 5 aromatic rings. The van der Waals surface area contributed by atoms with E-state index >= 15 is 0 Å². The minimum Gasteiger partial charge on any atom is -0.508 e. The number of benzene rings is 5. The average Bonchev–Trinajstić information content (AvgIpc) is 3.49. The first-order chi connectivity index (χ1) is 24.8. The van der Waals surface area contributed by atoms with Gasteiger partial charge in [-0.15, -0.1) is 0 Å². The molecule has 5 aromatic carbocycles. The number of ether oxygens (including phenoxy) is 1. The molecule has 2 heterocycles. The number of aliphatic hydroxyl groups is 3. The third-order valence-corrected chi connectivity index (χ3v) is 10.7. The first-order valence-corrected chi connectivity index (χ1v) is 18.0. The summed E-state index contributed by atoms with van der Waals surface area (Å²) in [5.41, 5.74) is 7.27. The van der Waals surface area contributed by atoms with Crippen molar-refractivity contribution < 1.29 is 29.6 Å². The molecule has 6 atom stereocenters. The number of rotatable bonds is 10. The SMILES string of the molecule is OCC1CC(O)CC(c2ccc(-c3ccc(C4C(CCC(O)c5ccc(F)cc5)CC(=S)N4c4ccc(-c5ccccc5)cc4)c(O)c3)cc2)O1. The number of aliphatic hydroxyl groups excluding tert-OH is 3. The highest BCUT2D eigenvalue weighted by Gasteiger charge is 2.40. The molecule has 2 aliphatic rings. The smallest absolute Gasteiger partial charge is 0.123 e. The number of hydrogen-bond donors (Lipinski definition) is 4. The Morgan fingerprint density at radius 2 is 1.45 bits per heavy atom. The summed E-state index contributed by atoms with van der Waals surface area (Å²) in [4.78, 5) is 2.91. The Bertz CT molecular complexity index is 1940. The molecule has 51 heavy (non-hydrogen) atoms. The minimum absolute atomic E-state index is 0.00558. The molecule has 2 saturated heterocycles. The first kappa shape index (κ1) is 35.0. The fourth-order valence-electron chi connectivity index (χ4n) is 7.61. The van der Waals surface area contributed by atoms with E-state index in [0.29, 0.717) is 37.7 Å². The predicted molar refractivity (Wildman–Crippen MR) is 202 cm³/mol. The van der Waals surface area contributed by atoms with Crippen LogP contribution in [0.25, 0.3) is 22.3 Å². The van der Waals surface area contributed by atoms with Crippen LogP contribution < -0.4 is 4.90 Å². The molecule has 262 valence electrons. The van der Waals surface area contributed by atoms with Gasteiger partial charge in [0.2, 0.25) is 0 Å². The molecular weight excluding hydrogens is 662 g/mol. The van der Waals surface area contributed by atoms with Crippen molar-refractivity contribution in [3.05, 3.63) is 144 Å². The number of thiocarbonyl (C=S) groups is 1. The number of phenolic OH excluding ortho intramolecular Hbond substituents is 1. The van der Waals surface area contributed by atoms with Crippen molar-refractivity contribution in [1.29, 1.82) is 0 Å². The van der Waals surface area contributed by atoms with Crippen molar-refractivity contribution >= 4 is 22.9 Å². The van der Waals surface area contributed by atoms with Gasteiger partial charge in [-0.1, -0.05) is 103 Å². The van der Waals surface area contributed by atoms with E-state index in [9.17, 15) is 24.8 Å². The molecule has 0 aromatic heterocycles. The summed E-state index contributed by atoms with van der Waals surface area (Å²) in [6.07, 6.45) is 0.656. The highest BCUT2D eigenvalue weighted by molar-refractivity contribution is 7.80. The number of hydrogen-bond acceptors (Lipinski definition) is 6. The maximum atomic E-state index is 13.6. The molecular formula is C43H42FNO5S. The Kier molecular flexibility index (Phi) is 10.6. The van der Waals surface area contributed by atoms with Crippen molar-refractivity contribution in [2.45, 2.75) is 62.6 Å². The van der Waals surface area contributed by atoms with E-state index in [2.05, 4.69) is 41.3 Å². The average molecular weight is 704 g/mol. The van der Waals surface area contributed by atoms with E-state index in [0.717, 1.165) is 44.1 Å². The molecule has 0 radical (unpaired) electrons. The largest absolute Gasteiger partial charge is 0.508 e. The zero-order chi connectivity index (χ0) is 35.5. The van der Waals surface area contributed by atoms with Gasteiger partial charge in [0.05, 0.1) is 42.1 Å². The fraction of sp³-hybridized carbons (Fsp3) is 0.279. The minimum atomic E-state index is -0.755. The number of nitrogens with zero attached hydrogens (tertiary/aromatic N) is 1. The Labute approximate surface area is 303 Å².